The zero-order valence-electron chi connectivity index (χ0n) is 19.0. The van der Waals surface area contributed by atoms with Gasteiger partial charge in [-0.25, -0.2) is 0 Å². The van der Waals surface area contributed by atoms with E-state index in [1.807, 2.05) is 0 Å². The Morgan fingerprint density at radius 1 is 1.03 bits per heavy atom. The van der Waals surface area contributed by atoms with Gasteiger partial charge < -0.3 is 20.4 Å². The summed E-state index contributed by atoms with van der Waals surface area (Å²) in [4.78, 5) is 7.47. The van der Waals surface area contributed by atoms with Crippen LogP contribution in [0.4, 0.5) is 5.82 Å². The van der Waals surface area contributed by atoms with Crippen molar-refractivity contribution in [1.29, 1.82) is 0 Å². The van der Waals surface area contributed by atoms with E-state index in [0.717, 1.165) is 63.4 Å². The summed E-state index contributed by atoms with van der Waals surface area (Å²) in [5.41, 5.74) is 0. The van der Waals surface area contributed by atoms with Gasteiger partial charge in [0.1, 0.15) is 5.82 Å². The number of rotatable bonds is 5. The topological polar surface area (TPSA) is 46.7 Å². The number of benzene rings is 1. The minimum Gasteiger partial charge on any atom is -0.360 e. The van der Waals surface area contributed by atoms with E-state index in [1.54, 1.807) is 11.5 Å². The molecule has 1 saturated carbocycles. The van der Waals surface area contributed by atoms with Gasteiger partial charge in [0.05, 0.1) is 4.70 Å². The van der Waals surface area contributed by atoms with Crippen LogP contribution >= 0.6 is 23.8 Å². The van der Waals surface area contributed by atoms with E-state index < -0.39 is 0 Å². The Morgan fingerprint density at radius 2 is 1.78 bits per heavy atom. The van der Waals surface area contributed by atoms with Crippen LogP contribution in [-0.2, 0) is 0 Å². The number of fused-ring (bicyclic) bond motifs is 1. The summed E-state index contributed by atoms with van der Waals surface area (Å²) >= 11 is 7.28. The number of hydrogen-bond acceptors (Lipinski definition) is 6. The van der Waals surface area contributed by atoms with E-state index in [-0.39, 0.29) is 0 Å². The van der Waals surface area contributed by atoms with Crippen LogP contribution in [0.5, 0.6) is 0 Å². The van der Waals surface area contributed by atoms with Gasteiger partial charge in [-0.05, 0) is 80.4 Å². The quantitative estimate of drug-likeness (QED) is 0.648. The fourth-order valence-electron chi connectivity index (χ4n) is 5.38. The average Bonchev–Trinajstić information content (AvgIpc) is 3.29. The highest BCUT2D eigenvalue weighted by atomic mass is 32.1. The first-order chi connectivity index (χ1) is 15.8. The van der Waals surface area contributed by atoms with Crippen molar-refractivity contribution in [3.8, 4) is 0 Å². The molecule has 3 aliphatic rings. The van der Waals surface area contributed by atoms with Gasteiger partial charge in [-0.3, -0.25) is 4.90 Å². The summed E-state index contributed by atoms with van der Waals surface area (Å²) in [6, 6.07) is 9.19. The number of nitrogens with zero attached hydrogens (tertiary/aromatic N) is 4. The minimum atomic E-state index is 0.574. The molecule has 1 aromatic carbocycles. The Labute approximate surface area is 201 Å². The van der Waals surface area contributed by atoms with Crippen molar-refractivity contribution in [2.75, 3.05) is 63.8 Å². The van der Waals surface area contributed by atoms with E-state index in [1.165, 1.54) is 54.6 Å². The second-order valence-electron chi connectivity index (χ2n) is 9.52. The van der Waals surface area contributed by atoms with Crippen LogP contribution in [-0.4, -0.2) is 84.2 Å². The summed E-state index contributed by atoms with van der Waals surface area (Å²) in [6.45, 7) is 9.89. The summed E-state index contributed by atoms with van der Waals surface area (Å²) < 4.78 is 6.04. The first-order valence-corrected chi connectivity index (χ1v) is 13.5. The molecule has 0 amide bonds. The van der Waals surface area contributed by atoms with Gasteiger partial charge in [0, 0.05) is 63.8 Å². The Morgan fingerprint density at radius 3 is 2.56 bits per heavy atom. The van der Waals surface area contributed by atoms with E-state index in [4.69, 9.17) is 16.6 Å². The van der Waals surface area contributed by atoms with E-state index in [2.05, 4.69) is 49.6 Å². The van der Waals surface area contributed by atoms with Crippen molar-refractivity contribution in [1.82, 2.24) is 24.8 Å². The Kier molecular flexibility index (Phi) is 7.42. The molecule has 2 aromatic rings. The van der Waals surface area contributed by atoms with Crippen LogP contribution in [0, 0.1) is 5.92 Å². The third kappa shape index (κ3) is 5.35. The lowest BCUT2D eigenvalue weighted by Gasteiger charge is -2.37. The largest absolute Gasteiger partial charge is 0.360 e. The second kappa shape index (κ2) is 10.6. The molecular formula is C24H36N6S2. The van der Waals surface area contributed by atoms with Gasteiger partial charge >= 0.3 is 0 Å². The van der Waals surface area contributed by atoms with Crippen molar-refractivity contribution in [2.24, 2.45) is 5.92 Å². The Hall–Kier alpha value is -1.48. The number of thiocarbonyl (C=S) groups is 1. The van der Waals surface area contributed by atoms with E-state index >= 15 is 0 Å². The SMILES string of the molecule is S=C(NC1CCC(CCN2CCN(c3nsc4ccccc34)CC2)CC1)N1CCNCC1. The van der Waals surface area contributed by atoms with E-state index in [9.17, 15) is 0 Å². The monoisotopic (exact) mass is 472 g/mol. The zero-order valence-corrected chi connectivity index (χ0v) is 20.6. The standard InChI is InChI=1S/C24H36N6S2/c31-24(30-13-10-25-11-14-30)26-20-7-5-19(6-8-20)9-12-28-15-17-29(18-16-28)23-21-3-1-2-4-22(21)32-27-23/h1-4,19-20,25H,5-18H2,(H,26,31). The molecule has 0 radical (unpaired) electrons. The third-order valence-corrected chi connectivity index (χ3v) is 8.66. The van der Waals surface area contributed by atoms with Crippen LogP contribution in [0.2, 0.25) is 0 Å². The normalized spacial score (nSPS) is 25.2. The predicted octanol–water partition coefficient (Wildman–Crippen LogP) is 3.15. The highest BCUT2D eigenvalue weighted by Gasteiger charge is 2.25. The molecule has 2 aliphatic heterocycles. The van der Waals surface area contributed by atoms with Crippen LogP contribution in [0.1, 0.15) is 32.1 Å². The molecular weight excluding hydrogens is 436 g/mol. The molecule has 0 bridgehead atoms. The summed E-state index contributed by atoms with van der Waals surface area (Å²) in [7, 11) is 0. The maximum absolute atomic E-state index is 5.66. The van der Waals surface area contributed by atoms with Crippen LogP contribution in [0.3, 0.4) is 0 Å². The highest BCUT2D eigenvalue weighted by molar-refractivity contribution is 7.80. The molecule has 5 rings (SSSR count). The van der Waals surface area contributed by atoms with Crippen molar-refractivity contribution in [3.05, 3.63) is 24.3 Å². The van der Waals surface area contributed by atoms with Crippen LogP contribution in [0.15, 0.2) is 24.3 Å². The van der Waals surface area contributed by atoms with E-state index in [0.29, 0.717) is 6.04 Å². The molecule has 0 spiro atoms. The van der Waals surface area contributed by atoms with Gasteiger partial charge in [0.25, 0.3) is 0 Å². The van der Waals surface area contributed by atoms with Crippen molar-refractivity contribution >= 4 is 44.8 Å². The predicted molar refractivity (Wildman–Crippen MR) is 139 cm³/mol. The molecule has 174 valence electrons. The third-order valence-electron chi connectivity index (χ3n) is 7.46. The van der Waals surface area contributed by atoms with Crippen molar-refractivity contribution in [3.63, 3.8) is 0 Å². The first kappa shape index (κ1) is 22.3. The summed E-state index contributed by atoms with van der Waals surface area (Å²) in [5, 5.41) is 9.34. The highest BCUT2D eigenvalue weighted by Crippen LogP contribution is 2.30. The number of piperazine rings is 2. The first-order valence-electron chi connectivity index (χ1n) is 12.3. The molecule has 1 aromatic heterocycles. The smallest absolute Gasteiger partial charge is 0.169 e. The fourth-order valence-corrected chi connectivity index (χ4v) is 6.52. The maximum atomic E-state index is 5.66. The molecule has 0 unspecified atom stereocenters. The molecule has 3 heterocycles. The van der Waals surface area contributed by atoms with Crippen LogP contribution in [0.25, 0.3) is 10.1 Å². The molecule has 8 heteroatoms. The lowest BCUT2D eigenvalue weighted by atomic mass is 9.84. The van der Waals surface area contributed by atoms with Crippen LogP contribution < -0.4 is 15.5 Å². The molecule has 6 nitrogen and oxygen atoms in total. The minimum absolute atomic E-state index is 0.574. The summed E-state index contributed by atoms with van der Waals surface area (Å²) in [6.07, 6.45) is 6.55. The lowest BCUT2D eigenvalue weighted by molar-refractivity contribution is 0.213. The second-order valence-corrected chi connectivity index (χ2v) is 10.7. The van der Waals surface area contributed by atoms with Gasteiger partial charge in [0.15, 0.2) is 5.11 Å². The molecule has 3 fully saturated rings. The number of anilines is 1. The Bertz CT molecular complexity index is 879. The van der Waals surface area contributed by atoms with Gasteiger partial charge in [-0.1, -0.05) is 12.1 Å². The number of aromatic nitrogens is 1. The molecule has 2 N–H and O–H groups in total. The molecule has 32 heavy (non-hydrogen) atoms. The number of nitrogens with one attached hydrogen (secondary N) is 2. The average molecular weight is 473 g/mol. The summed E-state index contributed by atoms with van der Waals surface area (Å²) in [5.74, 6) is 2.07. The van der Waals surface area contributed by atoms with Gasteiger partial charge in [-0.2, -0.15) is 4.37 Å². The molecule has 2 saturated heterocycles. The number of hydrogen-bond donors (Lipinski definition) is 2. The maximum Gasteiger partial charge on any atom is 0.169 e. The van der Waals surface area contributed by atoms with Crippen molar-refractivity contribution in [2.45, 2.75) is 38.1 Å². The zero-order chi connectivity index (χ0) is 21.8. The molecule has 1 aliphatic carbocycles. The fraction of sp³-hybridized carbons (Fsp3) is 0.667. The van der Waals surface area contributed by atoms with Gasteiger partial charge in [-0.15, -0.1) is 0 Å². The lowest BCUT2D eigenvalue weighted by Crippen LogP contribution is -2.52. The van der Waals surface area contributed by atoms with Gasteiger partial charge in [0.2, 0.25) is 0 Å². The Balaban J connectivity index is 1.01. The van der Waals surface area contributed by atoms with Crippen molar-refractivity contribution < 1.29 is 0 Å². The molecule has 0 atom stereocenters.